The Hall–Kier alpha value is -3.59. The minimum atomic E-state index is -0.00459. The summed E-state index contributed by atoms with van der Waals surface area (Å²) < 4.78 is 10.5. The fraction of sp³-hybridized carbons (Fsp3) is 0.115. The molecule has 0 saturated carbocycles. The van der Waals surface area contributed by atoms with Crippen LogP contribution in [0.3, 0.4) is 0 Å². The van der Waals surface area contributed by atoms with Gasteiger partial charge in [0.05, 0.1) is 14.2 Å². The molecule has 0 spiro atoms. The Balaban J connectivity index is 1.63. The summed E-state index contributed by atoms with van der Waals surface area (Å²) in [6.07, 6.45) is 1.70. The zero-order valence-electron chi connectivity index (χ0n) is 16.7. The van der Waals surface area contributed by atoms with Gasteiger partial charge in [-0.1, -0.05) is 36.4 Å². The van der Waals surface area contributed by atoms with Crippen molar-refractivity contribution in [2.24, 2.45) is 0 Å². The van der Waals surface area contributed by atoms with Gasteiger partial charge in [0.1, 0.15) is 11.5 Å². The molecule has 0 heterocycles. The summed E-state index contributed by atoms with van der Waals surface area (Å²) in [5.41, 5.74) is 2.64. The summed E-state index contributed by atoms with van der Waals surface area (Å²) in [7, 11) is 3.31. The zero-order valence-corrected chi connectivity index (χ0v) is 16.7. The third-order valence-corrected chi connectivity index (χ3v) is 5.18. The molecular formula is C26H22O3. The van der Waals surface area contributed by atoms with E-state index in [1.807, 2.05) is 67.6 Å². The fourth-order valence-corrected chi connectivity index (χ4v) is 3.46. The number of carbonyl (C=O) groups excluding carboxylic acids is 1. The zero-order chi connectivity index (χ0) is 20.4. The van der Waals surface area contributed by atoms with Crippen LogP contribution in [-0.2, 0) is 0 Å². The number of carbonyl (C=O) groups is 1. The molecule has 4 rings (SSSR count). The molecule has 3 nitrogen and oxygen atoms in total. The molecule has 0 fully saturated rings. The van der Waals surface area contributed by atoms with Crippen LogP contribution in [0.4, 0.5) is 0 Å². The molecule has 0 aliphatic carbocycles. The second kappa shape index (κ2) is 7.80. The predicted molar refractivity (Wildman–Crippen MR) is 119 cm³/mol. The van der Waals surface area contributed by atoms with Gasteiger partial charge in [0.15, 0.2) is 5.78 Å². The highest BCUT2D eigenvalue weighted by Crippen LogP contribution is 2.26. The number of allylic oxidation sites excluding steroid dienone is 2. The Morgan fingerprint density at radius 3 is 1.66 bits per heavy atom. The number of ketones is 1. The van der Waals surface area contributed by atoms with Gasteiger partial charge >= 0.3 is 0 Å². The Morgan fingerprint density at radius 1 is 0.655 bits per heavy atom. The molecule has 29 heavy (non-hydrogen) atoms. The maximum absolute atomic E-state index is 12.8. The molecule has 0 radical (unpaired) electrons. The third-order valence-electron chi connectivity index (χ3n) is 5.18. The standard InChI is InChI=1S/C26H22O3/c1-17(18-4-5-21-15-24(28-2)10-8-19(21)13-18)12-26(27)23-7-6-22-16-25(29-3)11-9-20(22)14-23/h4-16H,1-3H3/b17-12+. The highest BCUT2D eigenvalue weighted by molar-refractivity contribution is 6.10. The van der Waals surface area contributed by atoms with Crippen molar-refractivity contribution in [2.75, 3.05) is 14.2 Å². The van der Waals surface area contributed by atoms with Gasteiger partial charge < -0.3 is 9.47 Å². The molecule has 0 bridgehead atoms. The van der Waals surface area contributed by atoms with Crippen molar-refractivity contribution < 1.29 is 14.3 Å². The lowest BCUT2D eigenvalue weighted by atomic mass is 9.99. The van der Waals surface area contributed by atoms with Crippen LogP contribution in [0.1, 0.15) is 22.8 Å². The molecule has 0 saturated heterocycles. The fourth-order valence-electron chi connectivity index (χ4n) is 3.46. The normalized spacial score (nSPS) is 11.6. The first-order valence-corrected chi connectivity index (χ1v) is 9.46. The molecular weight excluding hydrogens is 360 g/mol. The van der Waals surface area contributed by atoms with E-state index in [0.717, 1.165) is 44.2 Å². The molecule has 0 N–H and O–H groups in total. The van der Waals surface area contributed by atoms with Crippen molar-refractivity contribution in [3.63, 3.8) is 0 Å². The van der Waals surface area contributed by atoms with Crippen molar-refractivity contribution in [3.8, 4) is 11.5 Å². The van der Waals surface area contributed by atoms with E-state index in [-0.39, 0.29) is 5.78 Å². The number of benzene rings is 4. The minimum Gasteiger partial charge on any atom is -0.497 e. The first-order valence-electron chi connectivity index (χ1n) is 9.46. The van der Waals surface area contributed by atoms with Crippen molar-refractivity contribution in [3.05, 3.63) is 90.0 Å². The second-order valence-corrected chi connectivity index (χ2v) is 7.05. The highest BCUT2D eigenvalue weighted by Gasteiger charge is 2.07. The van der Waals surface area contributed by atoms with Crippen LogP contribution in [0.5, 0.6) is 11.5 Å². The van der Waals surface area contributed by atoms with Gasteiger partial charge in [0.2, 0.25) is 0 Å². The third kappa shape index (κ3) is 3.85. The molecule has 4 aromatic carbocycles. The first kappa shape index (κ1) is 18.8. The van der Waals surface area contributed by atoms with Gasteiger partial charge in [-0.25, -0.2) is 0 Å². The van der Waals surface area contributed by atoms with E-state index in [1.54, 1.807) is 20.3 Å². The van der Waals surface area contributed by atoms with Gasteiger partial charge in [0.25, 0.3) is 0 Å². The lowest BCUT2D eigenvalue weighted by Crippen LogP contribution is -1.96. The summed E-state index contributed by atoms with van der Waals surface area (Å²) in [6, 6.07) is 23.8. The highest BCUT2D eigenvalue weighted by atomic mass is 16.5. The van der Waals surface area contributed by atoms with Crippen molar-refractivity contribution in [2.45, 2.75) is 6.92 Å². The molecule has 0 atom stereocenters. The number of rotatable bonds is 5. The summed E-state index contributed by atoms with van der Waals surface area (Å²) in [5, 5.41) is 4.29. The van der Waals surface area contributed by atoms with E-state index < -0.39 is 0 Å². The monoisotopic (exact) mass is 382 g/mol. The van der Waals surface area contributed by atoms with Crippen LogP contribution in [0.25, 0.3) is 27.1 Å². The molecule has 0 unspecified atom stereocenters. The largest absolute Gasteiger partial charge is 0.497 e. The van der Waals surface area contributed by atoms with Crippen molar-refractivity contribution in [1.82, 2.24) is 0 Å². The Labute approximate surface area is 170 Å². The molecule has 3 heteroatoms. The summed E-state index contributed by atoms with van der Waals surface area (Å²) in [4.78, 5) is 12.8. The Morgan fingerprint density at radius 2 is 1.10 bits per heavy atom. The SMILES string of the molecule is COc1ccc2cc(C(=O)/C=C(\C)c3ccc4cc(OC)ccc4c3)ccc2c1. The van der Waals surface area contributed by atoms with Crippen LogP contribution in [0.15, 0.2) is 78.9 Å². The Bertz CT molecular complexity index is 1250. The average Bonchev–Trinajstić information content (AvgIpc) is 2.77. The van der Waals surface area contributed by atoms with Gasteiger partial charge in [-0.05, 0) is 82.1 Å². The molecule has 0 aromatic heterocycles. The quantitative estimate of drug-likeness (QED) is 0.300. The molecule has 0 aliphatic heterocycles. The second-order valence-electron chi connectivity index (χ2n) is 7.05. The summed E-state index contributed by atoms with van der Waals surface area (Å²) in [6.45, 7) is 1.97. The van der Waals surface area contributed by atoms with E-state index in [2.05, 4.69) is 12.1 Å². The molecule has 0 amide bonds. The number of ether oxygens (including phenoxy) is 2. The number of methoxy groups -OCH3 is 2. The van der Waals surface area contributed by atoms with Crippen molar-refractivity contribution >= 4 is 32.9 Å². The van der Waals surface area contributed by atoms with Crippen LogP contribution in [0.2, 0.25) is 0 Å². The maximum atomic E-state index is 12.8. The smallest absolute Gasteiger partial charge is 0.186 e. The van der Waals surface area contributed by atoms with E-state index in [0.29, 0.717) is 5.56 Å². The summed E-state index contributed by atoms with van der Waals surface area (Å²) >= 11 is 0. The number of hydrogen-bond donors (Lipinski definition) is 0. The lowest BCUT2D eigenvalue weighted by Gasteiger charge is -2.07. The van der Waals surface area contributed by atoms with Crippen molar-refractivity contribution in [1.29, 1.82) is 0 Å². The van der Waals surface area contributed by atoms with Gasteiger partial charge in [-0.15, -0.1) is 0 Å². The predicted octanol–water partition coefficient (Wildman–Crippen LogP) is 6.30. The van der Waals surface area contributed by atoms with Crippen LogP contribution >= 0.6 is 0 Å². The Kier molecular flexibility index (Phi) is 5.05. The summed E-state index contributed by atoms with van der Waals surface area (Å²) in [5.74, 6) is 1.64. The topological polar surface area (TPSA) is 35.5 Å². The van der Waals surface area contributed by atoms with Crippen LogP contribution in [-0.4, -0.2) is 20.0 Å². The lowest BCUT2D eigenvalue weighted by molar-refractivity contribution is 0.104. The van der Waals surface area contributed by atoms with E-state index in [4.69, 9.17) is 9.47 Å². The minimum absolute atomic E-state index is 0.00459. The number of hydrogen-bond acceptors (Lipinski definition) is 3. The first-order chi connectivity index (χ1) is 14.1. The van der Waals surface area contributed by atoms with Gasteiger partial charge in [-0.2, -0.15) is 0 Å². The van der Waals surface area contributed by atoms with Crippen LogP contribution in [0, 0.1) is 0 Å². The van der Waals surface area contributed by atoms with E-state index in [1.165, 1.54) is 0 Å². The van der Waals surface area contributed by atoms with Gasteiger partial charge in [0, 0.05) is 5.56 Å². The number of fused-ring (bicyclic) bond motifs is 2. The molecule has 144 valence electrons. The maximum Gasteiger partial charge on any atom is 0.186 e. The van der Waals surface area contributed by atoms with Crippen LogP contribution < -0.4 is 9.47 Å². The van der Waals surface area contributed by atoms with E-state index >= 15 is 0 Å². The molecule has 0 aliphatic rings. The molecule has 4 aromatic rings. The average molecular weight is 382 g/mol. The van der Waals surface area contributed by atoms with E-state index in [9.17, 15) is 4.79 Å². The van der Waals surface area contributed by atoms with Gasteiger partial charge in [-0.3, -0.25) is 4.79 Å².